The number of nitrogens with one attached hydrogen (secondary N) is 1. The minimum absolute atomic E-state index is 0.0141. The van der Waals surface area contributed by atoms with Gasteiger partial charge in [0.25, 0.3) is 0 Å². The predicted molar refractivity (Wildman–Crippen MR) is 101 cm³/mol. The minimum atomic E-state index is -0.779. The van der Waals surface area contributed by atoms with Crippen LogP contribution >= 0.6 is 0 Å². The number of hydrogen-bond acceptors (Lipinski definition) is 6. The fourth-order valence-electron chi connectivity index (χ4n) is 4.46. The van der Waals surface area contributed by atoms with E-state index in [2.05, 4.69) is 28.6 Å². The summed E-state index contributed by atoms with van der Waals surface area (Å²) in [6, 6.07) is -0.351. The molecule has 3 amide bonds. The number of likely N-dealkylation sites (tertiary alicyclic amines) is 1. The molecule has 0 aromatic heterocycles. The molecule has 4 aliphatic rings. The normalized spacial score (nSPS) is 28.8. The molecule has 2 unspecified atom stereocenters. The van der Waals surface area contributed by atoms with E-state index in [0.29, 0.717) is 18.3 Å². The second-order valence-corrected chi connectivity index (χ2v) is 7.77. The Bertz CT molecular complexity index is 781. The highest BCUT2D eigenvalue weighted by atomic mass is 16.4. The summed E-state index contributed by atoms with van der Waals surface area (Å²) in [6.45, 7) is 2.03. The van der Waals surface area contributed by atoms with Crippen molar-refractivity contribution in [2.24, 2.45) is 16.9 Å². The van der Waals surface area contributed by atoms with Crippen LogP contribution in [-0.4, -0.2) is 82.9 Å². The molecule has 2 N–H and O–H groups in total. The van der Waals surface area contributed by atoms with Gasteiger partial charge in [-0.1, -0.05) is 18.2 Å². The lowest BCUT2D eigenvalue weighted by Gasteiger charge is -2.34. The summed E-state index contributed by atoms with van der Waals surface area (Å²) in [4.78, 5) is 38.0. The molecular formula is C19H25N5O4. The van der Waals surface area contributed by atoms with E-state index >= 15 is 0 Å². The van der Waals surface area contributed by atoms with Gasteiger partial charge in [0.05, 0.1) is 18.5 Å². The van der Waals surface area contributed by atoms with Crippen LogP contribution in [0.4, 0.5) is 4.79 Å². The number of amides is 3. The number of aliphatic carboxylic acids is 1. The first-order valence-corrected chi connectivity index (χ1v) is 9.69. The Kier molecular flexibility index (Phi) is 4.92. The lowest BCUT2D eigenvalue weighted by molar-refractivity contribution is -0.138. The van der Waals surface area contributed by atoms with Crippen molar-refractivity contribution >= 4 is 23.7 Å². The zero-order valence-corrected chi connectivity index (χ0v) is 15.9. The molecule has 150 valence electrons. The Hall–Kier alpha value is -2.68. The predicted octanol–water partition coefficient (Wildman–Crippen LogP) is 0.465. The number of hydrazone groups is 1. The van der Waals surface area contributed by atoms with Gasteiger partial charge >= 0.3 is 12.0 Å². The lowest BCUT2D eigenvalue weighted by atomic mass is 9.82. The first-order chi connectivity index (χ1) is 13.4. The van der Waals surface area contributed by atoms with Crippen molar-refractivity contribution in [3.05, 3.63) is 23.8 Å². The maximum absolute atomic E-state index is 12.2. The number of piperidine rings is 1. The molecule has 2 atom stereocenters. The third kappa shape index (κ3) is 3.54. The molecule has 1 aliphatic carbocycles. The smallest absolute Gasteiger partial charge is 0.329 e. The van der Waals surface area contributed by atoms with E-state index in [1.54, 1.807) is 4.90 Å². The summed E-state index contributed by atoms with van der Waals surface area (Å²) in [6.07, 6.45) is 8.62. The molecule has 0 aromatic rings. The molecule has 4 rings (SSSR count). The van der Waals surface area contributed by atoms with Crippen LogP contribution in [-0.2, 0) is 9.59 Å². The molecule has 2 saturated heterocycles. The number of amidine groups is 1. The van der Waals surface area contributed by atoms with Gasteiger partial charge in [0.2, 0.25) is 5.91 Å². The number of carbonyl (C=O) groups excluding carboxylic acids is 2. The van der Waals surface area contributed by atoms with E-state index in [-0.39, 0.29) is 30.8 Å². The number of carboxylic acids is 1. The van der Waals surface area contributed by atoms with Gasteiger partial charge in [0.15, 0.2) is 0 Å². The molecule has 3 heterocycles. The van der Waals surface area contributed by atoms with Crippen LogP contribution in [0.2, 0.25) is 0 Å². The van der Waals surface area contributed by atoms with Crippen LogP contribution in [0.15, 0.2) is 28.9 Å². The highest BCUT2D eigenvalue weighted by molar-refractivity contribution is 6.07. The summed E-state index contributed by atoms with van der Waals surface area (Å²) in [5.74, 6) is 0.0508. The molecule has 0 saturated carbocycles. The van der Waals surface area contributed by atoms with Crippen LogP contribution in [0.3, 0.4) is 0 Å². The molecule has 28 heavy (non-hydrogen) atoms. The van der Waals surface area contributed by atoms with Gasteiger partial charge in [-0.3, -0.25) is 29.7 Å². The van der Waals surface area contributed by atoms with Crippen LogP contribution in [0.25, 0.3) is 0 Å². The quantitative estimate of drug-likeness (QED) is 0.729. The third-order valence-electron chi connectivity index (χ3n) is 5.97. The Morgan fingerprint density at radius 2 is 2.04 bits per heavy atom. The number of hydrogen-bond donors (Lipinski definition) is 2. The molecule has 9 heteroatoms. The van der Waals surface area contributed by atoms with Crippen molar-refractivity contribution in [2.45, 2.75) is 25.3 Å². The van der Waals surface area contributed by atoms with E-state index in [1.165, 1.54) is 5.57 Å². The number of fused-ring (bicyclic) bond motifs is 1. The minimum Gasteiger partial charge on any atom is -0.480 e. The SMILES string of the molecule is CN1N=C(N2CCC(=O)NC2=O)C2C=CC(C3CCN(CC(=O)O)CC3)=CC21. The first-order valence-electron chi connectivity index (χ1n) is 9.69. The van der Waals surface area contributed by atoms with Crippen molar-refractivity contribution in [1.82, 2.24) is 20.1 Å². The van der Waals surface area contributed by atoms with Gasteiger partial charge in [0.1, 0.15) is 5.84 Å². The van der Waals surface area contributed by atoms with Gasteiger partial charge in [-0.25, -0.2) is 4.79 Å². The fraction of sp³-hybridized carbons (Fsp3) is 0.579. The Morgan fingerprint density at radius 1 is 1.29 bits per heavy atom. The van der Waals surface area contributed by atoms with E-state index in [1.807, 2.05) is 17.0 Å². The van der Waals surface area contributed by atoms with E-state index in [4.69, 9.17) is 5.11 Å². The largest absolute Gasteiger partial charge is 0.480 e. The molecule has 0 bridgehead atoms. The molecule has 0 aromatic carbocycles. The zero-order chi connectivity index (χ0) is 19.8. The fourth-order valence-corrected chi connectivity index (χ4v) is 4.46. The van der Waals surface area contributed by atoms with E-state index in [0.717, 1.165) is 25.9 Å². The number of imide groups is 1. The van der Waals surface area contributed by atoms with Gasteiger partial charge in [-0.2, -0.15) is 5.10 Å². The van der Waals surface area contributed by atoms with Crippen molar-refractivity contribution < 1.29 is 19.5 Å². The maximum Gasteiger partial charge on any atom is 0.329 e. The Labute approximate surface area is 163 Å². The average Bonchev–Trinajstić information content (AvgIpc) is 2.98. The standard InChI is InChI=1S/C19H25N5O4/c1-22-15-10-13(12-4-7-23(8-5-12)11-17(26)27)2-3-14(15)18(21-22)24-9-6-16(25)20-19(24)28/h2-3,10,12,14-15H,4-9,11H2,1H3,(H,26,27)(H,20,25,28). The van der Waals surface area contributed by atoms with Crippen molar-refractivity contribution in [1.29, 1.82) is 0 Å². The average molecular weight is 387 g/mol. The number of likely N-dealkylation sites (N-methyl/N-ethyl adjacent to an activating group) is 1. The Balaban J connectivity index is 1.42. The first kappa shape index (κ1) is 18.7. The summed E-state index contributed by atoms with van der Waals surface area (Å²) in [5.41, 5.74) is 1.26. The zero-order valence-electron chi connectivity index (χ0n) is 15.9. The Morgan fingerprint density at radius 3 is 2.71 bits per heavy atom. The summed E-state index contributed by atoms with van der Waals surface area (Å²) < 4.78 is 0. The van der Waals surface area contributed by atoms with Crippen molar-refractivity contribution in [3.63, 3.8) is 0 Å². The lowest BCUT2D eigenvalue weighted by Crippen LogP contribution is -2.53. The van der Waals surface area contributed by atoms with Crippen LogP contribution in [0.1, 0.15) is 19.3 Å². The molecule has 2 fully saturated rings. The number of carboxylic acid groups (broad SMARTS) is 1. The van der Waals surface area contributed by atoms with Gasteiger partial charge < -0.3 is 5.11 Å². The van der Waals surface area contributed by atoms with E-state index in [9.17, 15) is 14.4 Å². The monoisotopic (exact) mass is 387 g/mol. The number of nitrogens with zero attached hydrogens (tertiary/aromatic N) is 4. The van der Waals surface area contributed by atoms with Crippen LogP contribution < -0.4 is 5.32 Å². The maximum atomic E-state index is 12.2. The highest BCUT2D eigenvalue weighted by Gasteiger charge is 2.41. The summed E-state index contributed by atoms with van der Waals surface area (Å²) >= 11 is 0. The van der Waals surface area contributed by atoms with Crippen LogP contribution in [0.5, 0.6) is 0 Å². The number of allylic oxidation sites excluding steroid dienone is 2. The third-order valence-corrected chi connectivity index (χ3v) is 5.97. The highest BCUT2D eigenvalue weighted by Crippen LogP contribution is 2.35. The number of rotatable bonds is 3. The van der Waals surface area contributed by atoms with Gasteiger partial charge in [-0.15, -0.1) is 0 Å². The second kappa shape index (κ2) is 7.38. The van der Waals surface area contributed by atoms with Gasteiger partial charge in [-0.05, 0) is 37.4 Å². The number of carbonyl (C=O) groups is 3. The topological polar surface area (TPSA) is 106 Å². The summed E-state index contributed by atoms with van der Waals surface area (Å²) in [5, 5.41) is 17.8. The molecular weight excluding hydrogens is 362 g/mol. The van der Waals surface area contributed by atoms with Gasteiger partial charge in [0, 0.05) is 20.0 Å². The number of urea groups is 1. The second-order valence-electron chi connectivity index (χ2n) is 7.77. The molecule has 9 nitrogen and oxygen atoms in total. The van der Waals surface area contributed by atoms with Crippen LogP contribution in [0, 0.1) is 11.8 Å². The molecule has 0 spiro atoms. The van der Waals surface area contributed by atoms with E-state index < -0.39 is 12.0 Å². The molecule has 0 radical (unpaired) electrons. The molecule has 3 aliphatic heterocycles. The van der Waals surface area contributed by atoms with Crippen molar-refractivity contribution in [2.75, 3.05) is 33.2 Å². The summed E-state index contributed by atoms with van der Waals surface area (Å²) in [7, 11) is 1.90. The van der Waals surface area contributed by atoms with Crippen molar-refractivity contribution in [3.8, 4) is 0 Å².